The Labute approximate surface area is 90.7 Å². The molecule has 0 atom stereocenters. The van der Waals surface area contributed by atoms with Gasteiger partial charge in [0.1, 0.15) is 0 Å². The number of hydrogen-bond donors (Lipinski definition) is 0. The van der Waals surface area contributed by atoms with Gasteiger partial charge >= 0.3 is 0 Å². The van der Waals surface area contributed by atoms with Crippen molar-refractivity contribution in [3.05, 3.63) is 29.1 Å². The van der Waals surface area contributed by atoms with Crippen molar-refractivity contribution in [2.75, 3.05) is 0 Å². The highest BCUT2D eigenvalue weighted by molar-refractivity contribution is 6.29. The van der Waals surface area contributed by atoms with Crippen LogP contribution in [0.1, 0.15) is 5.69 Å². The number of nitrogens with zero attached hydrogens (tertiary/aromatic N) is 4. The molecule has 0 saturated heterocycles. The first-order chi connectivity index (χ1) is 7.08. The molecule has 0 N–H and O–H groups in total. The van der Waals surface area contributed by atoms with Crippen LogP contribution < -0.4 is 0 Å². The zero-order valence-corrected chi connectivity index (χ0v) is 8.96. The van der Waals surface area contributed by atoms with E-state index in [4.69, 9.17) is 11.6 Å². The maximum absolute atomic E-state index is 13.2. The monoisotopic (exact) mass is 226 g/mol. The van der Waals surface area contributed by atoms with Gasteiger partial charge in [0.2, 0.25) is 0 Å². The molecule has 6 heteroatoms. The lowest BCUT2D eigenvalue weighted by atomic mass is 10.3. The maximum Gasteiger partial charge on any atom is 0.181 e. The van der Waals surface area contributed by atoms with Crippen molar-refractivity contribution in [3.8, 4) is 11.4 Å². The van der Waals surface area contributed by atoms with E-state index in [2.05, 4.69) is 15.1 Å². The van der Waals surface area contributed by atoms with Gasteiger partial charge in [0.15, 0.2) is 16.8 Å². The summed E-state index contributed by atoms with van der Waals surface area (Å²) in [5, 5.41) is 3.81. The summed E-state index contributed by atoms with van der Waals surface area (Å²) in [6.45, 7) is 1.54. The van der Waals surface area contributed by atoms with E-state index in [1.807, 2.05) is 0 Å². The third kappa shape index (κ3) is 1.83. The molecule has 2 aromatic rings. The summed E-state index contributed by atoms with van der Waals surface area (Å²) >= 11 is 5.62. The molecule has 15 heavy (non-hydrogen) atoms. The number of rotatable bonds is 1. The molecule has 0 aliphatic rings. The van der Waals surface area contributed by atoms with Crippen molar-refractivity contribution in [2.24, 2.45) is 7.05 Å². The number of halogens is 2. The van der Waals surface area contributed by atoms with Crippen LogP contribution in [0.25, 0.3) is 11.4 Å². The Hall–Kier alpha value is -1.49. The van der Waals surface area contributed by atoms with Gasteiger partial charge in [-0.25, -0.2) is 14.4 Å². The second-order valence-corrected chi connectivity index (χ2v) is 3.50. The Bertz CT molecular complexity index is 486. The van der Waals surface area contributed by atoms with Crippen LogP contribution in [0.3, 0.4) is 0 Å². The van der Waals surface area contributed by atoms with Gasteiger partial charge in [-0.05, 0) is 6.92 Å². The molecule has 2 aromatic heterocycles. The Morgan fingerprint density at radius 1 is 1.40 bits per heavy atom. The molecule has 0 bridgehead atoms. The standard InChI is InChI=1S/C9H8ClFN4/c1-5-7(11)8(10)14-9(13-5)6-3-12-15(2)4-6/h3-4H,1-2H3. The molecule has 0 saturated carbocycles. The summed E-state index contributed by atoms with van der Waals surface area (Å²) in [7, 11) is 1.78. The second kappa shape index (κ2) is 3.58. The number of hydrogen-bond acceptors (Lipinski definition) is 3. The van der Waals surface area contributed by atoms with E-state index in [1.54, 1.807) is 31.0 Å². The molecular formula is C9H8ClFN4. The van der Waals surface area contributed by atoms with E-state index in [1.165, 1.54) is 0 Å². The van der Waals surface area contributed by atoms with Gasteiger partial charge < -0.3 is 0 Å². The van der Waals surface area contributed by atoms with Crippen molar-refractivity contribution < 1.29 is 4.39 Å². The van der Waals surface area contributed by atoms with E-state index in [-0.39, 0.29) is 10.8 Å². The zero-order valence-electron chi connectivity index (χ0n) is 8.20. The molecule has 4 nitrogen and oxygen atoms in total. The summed E-state index contributed by atoms with van der Waals surface area (Å²) in [4.78, 5) is 7.84. The summed E-state index contributed by atoms with van der Waals surface area (Å²) in [5.74, 6) is -0.198. The molecule has 0 radical (unpaired) electrons. The minimum Gasteiger partial charge on any atom is -0.275 e. The summed E-state index contributed by atoms with van der Waals surface area (Å²) < 4.78 is 14.8. The van der Waals surface area contributed by atoms with Crippen molar-refractivity contribution >= 4 is 11.6 Å². The average Bonchev–Trinajstić information content (AvgIpc) is 2.60. The van der Waals surface area contributed by atoms with Crippen LogP contribution in [0, 0.1) is 12.7 Å². The lowest BCUT2D eigenvalue weighted by molar-refractivity contribution is 0.603. The third-order valence-electron chi connectivity index (χ3n) is 1.94. The average molecular weight is 227 g/mol. The fourth-order valence-corrected chi connectivity index (χ4v) is 1.41. The molecular weight excluding hydrogens is 219 g/mol. The summed E-state index contributed by atoms with van der Waals surface area (Å²) in [5.41, 5.74) is 0.941. The quantitative estimate of drug-likeness (QED) is 0.699. The molecule has 2 rings (SSSR count). The van der Waals surface area contributed by atoms with Crippen LogP contribution in [-0.2, 0) is 7.05 Å². The Balaban J connectivity index is 2.55. The van der Waals surface area contributed by atoms with E-state index in [0.717, 1.165) is 0 Å². The van der Waals surface area contributed by atoms with E-state index in [9.17, 15) is 4.39 Å². The van der Waals surface area contributed by atoms with Crippen molar-refractivity contribution in [3.63, 3.8) is 0 Å². The lowest BCUT2D eigenvalue weighted by Crippen LogP contribution is -1.96. The van der Waals surface area contributed by atoms with Gasteiger partial charge in [0.05, 0.1) is 17.5 Å². The van der Waals surface area contributed by atoms with Crippen LogP contribution in [0.4, 0.5) is 4.39 Å². The van der Waals surface area contributed by atoms with Gasteiger partial charge in [-0.1, -0.05) is 11.6 Å². The first kappa shape index (κ1) is 10.0. The fraction of sp³-hybridized carbons (Fsp3) is 0.222. The van der Waals surface area contributed by atoms with Crippen LogP contribution in [0.5, 0.6) is 0 Å². The van der Waals surface area contributed by atoms with Crippen molar-refractivity contribution in [2.45, 2.75) is 6.92 Å². The predicted molar refractivity (Wildman–Crippen MR) is 53.9 cm³/mol. The highest BCUT2D eigenvalue weighted by Crippen LogP contribution is 2.20. The molecule has 0 fully saturated rings. The van der Waals surface area contributed by atoms with Crippen molar-refractivity contribution in [1.82, 2.24) is 19.7 Å². The Morgan fingerprint density at radius 2 is 2.13 bits per heavy atom. The number of aryl methyl sites for hydroxylation is 2. The van der Waals surface area contributed by atoms with E-state index in [0.29, 0.717) is 11.4 Å². The molecule has 2 heterocycles. The third-order valence-corrected chi connectivity index (χ3v) is 2.19. The second-order valence-electron chi connectivity index (χ2n) is 3.14. The normalized spacial score (nSPS) is 10.7. The van der Waals surface area contributed by atoms with Crippen LogP contribution in [-0.4, -0.2) is 19.7 Å². The first-order valence-corrected chi connectivity index (χ1v) is 4.64. The van der Waals surface area contributed by atoms with Gasteiger partial charge in [-0.3, -0.25) is 4.68 Å². The fourth-order valence-electron chi connectivity index (χ4n) is 1.19. The number of aromatic nitrogens is 4. The van der Waals surface area contributed by atoms with Crippen LogP contribution in [0.15, 0.2) is 12.4 Å². The summed E-state index contributed by atoms with van der Waals surface area (Å²) in [6.07, 6.45) is 3.34. The van der Waals surface area contributed by atoms with Gasteiger partial charge in [-0.15, -0.1) is 0 Å². The molecule has 0 unspecified atom stereocenters. The molecule has 78 valence electrons. The molecule has 0 amide bonds. The smallest absolute Gasteiger partial charge is 0.181 e. The van der Waals surface area contributed by atoms with Crippen LogP contribution in [0.2, 0.25) is 5.15 Å². The minimum absolute atomic E-state index is 0.165. The Morgan fingerprint density at radius 3 is 2.67 bits per heavy atom. The molecule has 0 aromatic carbocycles. The first-order valence-electron chi connectivity index (χ1n) is 4.26. The zero-order chi connectivity index (χ0) is 11.0. The van der Waals surface area contributed by atoms with Crippen molar-refractivity contribution in [1.29, 1.82) is 0 Å². The SMILES string of the molecule is Cc1nc(-c2cnn(C)c2)nc(Cl)c1F. The topological polar surface area (TPSA) is 43.6 Å². The van der Waals surface area contributed by atoms with Crippen LogP contribution >= 0.6 is 11.6 Å². The predicted octanol–water partition coefficient (Wildman–Crippen LogP) is 1.98. The molecule has 0 aliphatic carbocycles. The summed E-state index contributed by atoms with van der Waals surface area (Å²) in [6, 6.07) is 0. The molecule has 0 spiro atoms. The largest absolute Gasteiger partial charge is 0.275 e. The van der Waals surface area contributed by atoms with E-state index >= 15 is 0 Å². The maximum atomic E-state index is 13.2. The van der Waals surface area contributed by atoms with Gasteiger partial charge in [0, 0.05) is 13.2 Å². The lowest BCUT2D eigenvalue weighted by Gasteiger charge is -2.00. The highest BCUT2D eigenvalue weighted by Gasteiger charge is 2.11. The molecule has 0 aliphatic heterocycles. The highest BCUT2D eigenvalue weighted by atomic mass is 35.5. The minimum atomic E-state index is -0.579. The van der Waals surface area contributed by atoms with Gasteiger partial charge in [-0.2, -0.15) is 5.10 Å². The van der Waals surface area contributed by atoms with Gasteiger partial charge in [0.25, 0.3) is 0 Å². The van der Waals surface area contributed by atoms with E-state index < -0.39 is 5.82 Å². The Kier molecular flexibility index (Phi) is 2.40.